The number of carbonyl (C=O) groups is 2. The van der Waals surface area contributed by atoms with Crippen LogP contribution in [-0.2, 0) is 17.8 Å². The third kappa shape index (κ3) is 7.61. The van der Waals surface area contributed by atoms with Gasteiger partial charge in [-0.25, -0.2) is 0 Å². The second-order valence-electron chi connectivity index (χ2n) is 11.4. The number of nitrogens with zero attached hydrogens (tertiary/aromatic N) is 1. The summed E-state index contributed by atoms with van der Waals surface area (Å²) in [4.78, 5) is 30.1. The largest absolute Gasteiger partial charge is 0.508 e. The van der Waals surface area contributed by atoms with Gasteiger partial charge in [0.05, 0.1) is 33.4 Å². The maximum absolute atomic E-state index is 14.1. The molecule has 1 heterocycles. The van der Waals surface area contributed by atoms with Crippen LogP contribution in [0.25, 0.3) is 11.1 Å². The maximum atomic E-state index is 14.1. The van der Waals surface area contributed by atoms with Crippen LogP contribution in [-0.4, -0.2) is 68.3 Å². The smallest absolute Gasteiger partial charge is 0.252 e. The highest BCUT2D eigenvalue weighted by Crippen LogP contribution is 2.34. The van der Waals surface area contributed by atoms with E-state index in [1.165, 1.54) is 5.56 Å². The molecule has 1 aliphatic rings. The number of likely N-dealkylation sites (tertiary alicyclic amines) is 1. The van der Waals surface area contributed by atoms with Crippen molar-refractivity contribution < 1.29 is 28.9 Å². The molecule has 5 rings (SSSR count). The summed E-state index contributed by atoms with van der Waals surface area (Å²) in [5.41, 5.74) is 3.13. The first-order chi connectivity index (χ1) is 22.3. The van der Waals surface area contributed by atoms with Gasteiger partial charge >= 0.3 is 0 Å². The fraction of sp³-hybridized carbons (Fsp3) is 0.297. The molecule has 9 nitrogen and oxygen atoms in total. The number of ether oxygens (including phenoxy) is 3. The van der Waals surface area contributed by atoms with Gasteiger partial charge in [-0.05, 0) is 60.2 Å². The zero-order valence-corrected chi connectivity index (χ0v) is 26.5. The van der Waals surface area contributed by atoms with E-state index in [1.807, 2.05) is 42.5 Å². The van der Waals surface area contributed by atoms with Crippen LogP contribution in [0.15, 0.2) is 91.0 Å². The van der Waals surface area contributed by atoms with E-state index in [4.69, 9.17) is 14.2 Å². The standard InChI is InChI=1S/C37H41N3O6/c1-44-31-23-33(45-2)32(34(24-31)46-3)25-38-36(43)37(18-21-40(22-19-37)20-17-26-7-5-4-6-8-26)39-35(42)29-11-9-27(10-12-29)28-13-15-30(41)16-14-28/h4-16,23-24,41H,17-22,25H2,1-3H3,(H,38,43)(H,39,42). The molecule has 0 aliphatic carbocycles. The van der Waals surface area contributed by atoms with Crippen molar-refractivity contribution in [2.24, 2.45) is 0 Å². The highest BCUT2D eigenvalue weighted by atomic mass is 16.5. The number of piperidine rings is 1. The summed E-state index contributed by atoms with van der Waals surface area (Å²) in [5, 5.41) is 15.8. The fourth-order valence-electron chi connectivity index (χ4n) is 5.85. The summed E-state index contributed by atoms with van der Waals surface area (Å²) in [6.07, 6.45) is 1.83. The van der Waals surface area contributed by atoms with Crippen LogP contribution in [0, 0.1) is 0 Å². The van der Waals surface area contributed by atoms with E-state index in [2.05, 4.69) is 27.7 Å². The molecule has 9 heteroatoms. The molecule has 46 heavy (non-hydrogen) atoms. The Morgan fingerprint density at radius 3 is 1.96 bits per heavy atom. The number of phenols is 1. The second-order valence-corrected chi connectivity index (χ2v) is 11.4. The molecule has 0 aromatic heterocycles. The first-order valence-electron chi connectivity index (χ1n) is 15.4. The summed E-state index contributed by atoms with van der Waals surface area (Å²) in [6, 6.07) is 28.0. The maximum Gasteiger partial charge on any atom is 0.252 e. The molecular formula is C37H41N3O6. The molecule has 0 saturated carbocycles. The number of methoxy groups -OCH3 is 3. The Hall–Kier alpha value is -5.02. The van der Waals surface area contributed by atoms with Crippen LogP contribution >= 0.6 is 0 Å². The van der Waals surface area contributed by atoms with Crippen molar-refractivity contribution in [2.75, 3.05) is 41.0 Å². The zero-order chi connectivity index (χ0) is 32.5. The van der Waals surface area contributed by atoms with Crippen molar-refractivity contribution in [2.45, 2.75) is 31.3 Å². The summed E-state index contributed by atoms with van der Waals surface area (Å²) >= 11 is 0. The first-order valence-corrected chi connectivity index (χ1v) is 15.4. The van der Waals surface area contributed by atoms with Gasteiger partial charge in [0.1, 0.15) is 28.5 Å². The number of phenolic OH excluding ortho intramolecular Hbond substituents is 1. The minimum atomic E-state index is -1.11. The van der Waals surface area contributed by atoms with Gasteiger partial charge in [0, 0.05) is 37.3 Å². The number of amides is 2. The Labute approximate surface area is 270 Å². The van der Waals surface area contributed by atoms with Gasteiger partial charge in [0.25, 0.3) is 5.91 Å². The van der Waals surface area contributed by atoms with E-state index in [1.54, 1.807) is 57.7 Å². The minimum absolute atomic E-state index is 0.145. The monoisotopic (exact) mass is 623 g/mol. The van der Waals surface area contributed by atoms with Crippen molar-refractivity contribution in [3.63, 3.8) is 0 Å². The van der Waals surface area contributed by atoms with Gasteiger partial charge in [-0.2, -0.15) is 0 Å². The van der Waals surface area contributed by atoms with Crippen LogP contribution in [0.1, 0.15) is 34.3 Å². The summed E-state index contributed by atoms with van der Waals surface area (Å²) in [6.45, 7) is 2.34. The van der Waals surface area contributed by atoms with Gasteiger partial charge in [0.15, 0.2) is 0 Å². The number of hydrogen-bond donors (Lipinski definition) is 3. The van der Waals surface area contributed by atoms with E-state index >= 15 is 0 Å². The van der Waals surface area contributed by atoms with Gasteiger partial charge in [-0.3, -0.25) is 9.59 Å². The molecule has 0 atom stereocenters. The van der Waals surface area contributed by atoms with Gasteiger partial charge in [-0.1, -0.05) is 54.6 Å². The van der Waals surface area contributed by atoms with E-state index < -0.39 is 5.54 Å². The van der Waals surface area contributed by atoms with Crippen LogP contribution in [0.5, 0.6) is 23.0 Å². The zero-order valence-electron chi connectivity index (χ0n) is 26.5. The predicted octanol–water partition coefficient (Wildman–Crippen LogP) is 5.21. The summed E-state index contributed by atoms with van der Waals surface area (Å²) in [5.74, 6) is 1.25. The minimum Gasteiger partial charge on any atom is -0.508 e. The predicted molar refractivity (Wildman–Crippen MR) is 178 cm³/mol. The van der Waals surface area contributed by atoms with Crippen molar-refractivity contribution in [3.05, 3.63) is 108 Å². The van der Waals surface area contributed by atoms with Gasteiger partial charge in [-0.15, -0.1) is 0 Å². The highest BCUT2D eigenvalue weighted by molar-refractivity contribution is 5.99. The molecule has 3 N–H and O–H groups in total. The quantitative estimate of drug-likeness (QED) is 0.199. The number of rotatable bonds is 12. The fourth-order valence-corrected chi connectivity index (χ4v) is 5.85. The van der Waals surface area contributed by atoms with Crippen LogP contribution < -0.4 is 24.8 Å². The number of nitrogens with one attached hydrogen (secondary N) is 2. The lowest BCUT2D eigenvalue weighted by Gasteiger charge is -2.41. The topological polar surface area (TPSA) is 109 Å². The summed E-state index contributed by atoms with van der Waals surface area (Å²) < 4.78 is 16.5. The third-order valence-electron chi connectivity index (χ3n) is 8.65. The van der Waals surface area contributed by atoms with Crippen LogP contribution in [0.4, 0.5) is 0 Å². The van der Waals surface area contributed by atoms with Gasteiger partial charge in [0.2, 0.25) is 5.91 Å². The lowest BCUT2D eigenvalue weighted by Crippen LogP contribution is -2.63. The molecule has 0 unspecified atom stereocenters. The van der Waals surface area contributed by atoms with E-state index in [-0.39, 0.29) is 24.1 Å². The van der Waals surface area contributed by atoms with Crippen LogP contribution in [0.2, 0.25) is 0 Å². The SMILES string of the molecule is COc1cc(OC)c(CNC(=O)C2(NC(=O)c3ccc(-c4ccc(O)cc4)cc3)CCN(CCc3ccccc3)CC2)c(OC)c1. The normalized spacial score (nSPS) is 14.2. The number of carbonyl (C=O) groups excluding carboxylic acids is 2. The number of benzene rings is 4. The molecule has 1 fully saturated rings. The Morgan fingerprint density at radius 2 is 1.39 bits per heavy atom. The Balaban J connectivity index is 1.33. The second kappa shape index (κ2) is 14.8. The highest BCUT2D eigenvalue weighted by Gasteiger charge is 2.43. The van der Waals surface area contributed by atoms with Crippen LogP contribution in [0.3, 0.4) is 0 Å². The van der Waals surface area contributed by atoms with Crippen molar-refractivity contribution >= 4 is 11.8 Å². The van der Waals surface area contributed by atoms with E-state index in [9.17, 15) is 14.7 Å². The average Bonchev–Trinajstić information content (AvgIpc) is 3.10. The van der Waals surface area contributed by atoms with Crippen molar-refractivity contribution in [1.82, 2.24) is 15.5 Å². The number of hydrogen-bond acceptors (Lipinski definition) is 7. The molecule has 1 saturated heterocycles. The Morgan fingerprint density at radius 1 is 0.804 bits per heavy atom. The lowest BCUT2D eigenvalue weighted by molar-refractivity contribution is -0.129. The molecular weight excluding hydrogens is 582 g/mol. The molecule has 0 radical (unpaired) electrons. The molecule has 2 amide bonds. The molecule has 4 aromatic rings. The Bertz CT molecular complexity index is 1590. The Kier molecular flexibility index (Phi) is 10.4. The molecule has 0 bridgehead atoms. The molecule has 4 aromatic carbocycles. The third-order valence-corrected chi connectivity index (χ3v) is 8.65. The van der Waals surface area contributed by atoms with Gasteiger partial charge < -0.3 is 34.9 Å². The lowest BCUT2D eigenvalue weighted by atomic mass is 9.85. The number of aromatic hydroxyl groups is 1. The molecule has 1 aliphatic heterocycles. The van der Waals surface area contributed by atoms with E-state index in [0.29, 0.717) is 54.3 Å². The molecule has 240 valence electrons. The molecule has 0 spiro atoms. The van der Waals surface area contributed by atoms with Crippen molar-refractivity contribution in [3.8, 4) is 34.1 Å². The first kappa shape index (κ1) is 32.4. The summed E-state index contributed by atoms with van der Waals surface area (Å²) in [7, 11) is 4.67. The van der Waals surface area contributed by atoms with Crippen molar-refractivity contribution in [1.29, 1.82) is 0 Å². The average molecular weight is 624 g/mol. The van der Waals surface area contributed by atoms with E-state index in [0.717, 1.165) is 24.1 Å².